The number of rotatable bonds is 10. The van der Waals surface area contributed by atoms with Crippen molar-refractivity contribution in [3.63, 3.8) is 0 Å². The van der Waals surface area contributed by atoms with Gasteiger partial charge in [-0.1, -0.05) is 138 Å². The minimum atomic E-state index is -0.221. The molecule has 0 saturated carbocycles. The van der Waals surface area contributed by atoms with Crippen molar-refractivity contribution in [1.82, 2.24) is 0 Å². The van der Waals surface area contributed by atoms with Crippen molar-refractivity contribution in [1.29, 1.82) is 0 Å². The van der Waals surface area contributed by atoms with E-state index in [9.17, 15) is 5.11 Å². The first-order valence-corrected chi connectivity index (χ1v) is 16.7. The van der Waals surface area contributed by atoms with Crippen LogP contribution in [-0.4, -0.2) is 11.3 Å². The van der Waals surface area contributed by atoms with Crippen molar-refractivity contribution in [2.75, 3.05) is 4.90 Å². The van der Waals surface area contributed by atoms with E-state index in [0.29, 0.717) is 5.75 Å². The van der Waals surface area contributed by atoms with Crippen LogP contribution >= 0.6 is 0 Å². The molecule has 2 heterocycles. The van der Waals surface area contributed by atoms with Crippen LogP contribution in [-0.2, 0) is 31.9 Å². The van der Waals surface area contributed by atoms with Crippen molar-refractivity contribution in [2.24, 2.45) is 0 Å². The fraction of sp³-hybridized carbons (Fsp3) is 0.366. The van der Waals surface area contributed by atoms with Gasteiger partial charge in [-0.05, 0) is 48.2 Å². The number of phenols is 1. The molecule has 0 radical (unpaired) electrons. The molecule has 2 aliphatic heterocycles. The number of aromatic hydroxyl groups is 1. The first-order valence-electron chi connectivity index (χ1n) is 16.7. The Bertz CT molecular complexity index is 1640. The number of unbranched alkanes of at least 4 members (excludes halogenated alkanes) is 2. The molecule has 6 rings (SSSR count). The van der Waals surface area contributed by atoms with Gasteiger partial charge in [0.2, 0.25) is 0 Å². The number of fused-ring (bicyclic) bond motifs is 2. The van der Waals surface area contributed by atoms with Crippen molar-refractivity contribution in [3.05, 3.63) is 142 Å². The second kappa shape index (κ2) is 14.1. The average Bonchev–Trinajstić information content (AvgIpc) is 3.33. The van der Waals surface area contributed by atoms with Crippen molar-refractivity contribution in [2.45, 2.75) is 96.2 Å². The maximum atomic E-state index is 11.3. The van der Waals surface area contributed by atoms with Crippen LogP contribution in [0, 0.1) is 6.07 Å². The molecular weight excluding hydrogens is 746 g/mol. The first kappa shape index (κ1) is 33.9. The van der Waals surface area contributed by atoms with Crippen LogP contribution < -0.4 is 4.90 Å². The van der Waals surface area contributed by atoms with Crippen molar-refractivity contribution >= 4 is 17.1 Å². The summed E-state index contributed by atoms with van der Waals surface area (Å²) in [6.07, 6.45) is 19.1. The molecule has 244 valence electrons. The zero-order valence-corrected chi connectivity index (χ0v) is 30.0. The van der Waals surface area contributed by atoms with Gasteiger partial charge in [-0.3, -0.25) is 0 Å². The number of allylic oxidation sites excluding steroid dienone is 4. The van der Waals surface area contributed by atoms with E-state index in [1.165, 1.54) is 16.7 Å². The zero-order valence-electron chi connectivity index (χ0n) is 27.7. The number of anilines is 2. The standard InChI is InChI=1S/C41H46N3O.Pt/c1-6-8-23-41(24-9-7-2)33-18-15-19-36(45)38(33)39-34(41)21-22-35(43-39)29-26-30(40(3,4)5)28-32(27-29)44(31-16-11-10-12-17-31)37-20-13-14-25-42-37;/h10-22,25-26,28,35,37,45H,6-9,23-24H2,1-5H3;/q-3;. The number of benzene rings is 3. The van der Waals surface area contributed by atoms with Gasteiger partial charge >= 0.3 is 0 Å². The molecule has 0 fully saturated rings. The Labute approximate surface area is 290 Å². The van der Waals surface area contributed by atoms with Crippen molar-refractivity contribution in [3.8, 4) is 5.75 Å². The van der Waals surface area contributed by atoms with E-state index >= 15 is 0 Å². The summed E-state index contributed by atoms with van der Waals surface area (Å²) in [5.41, 5.74) is 8.46. The summed E-state index contributed by atoms with van der Waals surface area (Å²) < 4.78 is 0. The maximum absolute atomic E-state index is 11.3. The summed E-state index contributed by atoms with van der Waals surface area (Å²) in [6, 6.07) is 24.6. The number of hydrogen-bond acceptors (Lipinski definition) is 2. The third-order valence-corrected chi connectivity index (χ3v) is 9.53. The van der Waals surface area contributed by atoms with E-state index in [0.717, 1.165) is 66.7 Å². The van der Waals surface area contributed by atoms with Gasteiger partial charge in [0.25, 0.3) is 0 Å². The molecule has 2 atom stereocenters. The van der Waals surface area contributed by atoms with Gasteiger partial charge in [-0.15, -0.1) is 11.8 Å². The Morgan fingerprint density at radius 3 is 2.30 bits per heavy atom. The zero-order chi connectivity index (χ0) is 31.6. The Morgan fingerprint density at radius 1 is 0.913 bits per heavy atom. The van der Waals surface area contributed by atoms with Gasteiger partial charge in [-0.25, -0.2) is 0 Å². The molecule has 0 saturated heterocycles. The summed E-state index contributed by atoms with van der Waals surface area (Å²) in [5, 5.41) is 21.6. The fourth-order valence-electron chi connectivity index (χ4n) is 7.11. The SMILES string of the molecule is CCCCC1(CCCC)C2=C([N-]C(c3[c-]c(N(c4ccccc4)C4C=CC=C[N-]4)cc(C(C)(C)C)c3)C=C2)c2c(O)cccc21.[Pt]. The molecule has 4 nitrogen and oxygen atoms in total. The number of phenolic OH excluding ortho intramolecular Hbond substituents is 1. The molecule has 0 amide bonds. The Hall–Kier alpha value is -3.49. The van der Waals surface area contributed by atoms with Crippen LogP contribution in [0.3, 0.4) is 0 Å². The molecule has 0 aromatic heterocycles. The quantitative estimate of drug-likeness (QED) is 0.208. The summed E-state index contributed by atoms with van der Waals surface area (Å²) in [6.45, 7) is 11.3. The predicted molar refractivity (Wildman–Crippen MR) is 189 cm³/mol. The molecule has 3 aliphatic rings. The third-order valence-electron chi connectivity index (χ3n) is 9.53. The number of para-hydroxylation sites is 1. The van der Waals surface area contributed by atoms with Gasteiger partial charge in [0.05, 0.1) is 0 Å². The van der Waals surface area contributed by atoms with Crippen molar-refractivity contribution < 1.29 is 26.2 Å². The van der Waals surface area contributed by atoms with Crippen LogP contribution in [0.1, 0.15) is 101 Å². The number of hydrogen-bond donors (Lipinski definition) is 1. The predicted octanol–water partition coefficient (Wildman–Crippen LogP) is 11.4. The fourth-order valence-corrected chi connectivity index (χ4v) is 7.11. The van der Waals surface area contributed by atoms with E-state index in [1.807, 2.05) is 30.5 Å². The molecule has 5 heteroatoms. The van der Waals surface area contributed by atoms with Crippen LogP contribution in [0.2, 0.25) is 0 Å². The van der Waals surface area contributed by atoms with Crippen LogP contribution in [0.15, 0.2) is 103 Å². The molecule has 0 bridgehead atoms. The van der Waals surface area contributed by atoms with E-state index in [1.54, 1.807) is 0 Å². The molecular formula is C41H46N3OPt-3. The Morgan fingerprint density at radius 2 is 1.65 bits per heavy atom. The Kier molecular flexibility index (Phi) is 10.4. The van der Waals surface area contributed by atoms with Crippen LogP contribution in [0.25, 0.3) is 16.3 Å². The monoisotopic (exact) mass is 791 g/mol. The normalized spacial score (nSPS) is 19.2. The molecule has 1 N–H and O–H groups in total. The second-order valence-corrected chi connectivity index (χ2v) is 13.6. The van der Waals surface area contributed by atoms with Gasteiger partial charge in [-0.2, -0.15) is 29.5 Å². The number of nitrogens with zero attached hydrogens (tertiary/aromatic N) is 3. The summed E-state index contributed by atoms with van der Waals surface area (Å²) in [4.78, 5) is 2.26. The van der Waals surface area contributed by atoms with Crippen LogP contribution in [0.4, 0.5) is 11.4 Å². The minimum Gasteiger partial charge on any atom is -0.676 e. The molecule has 3 aromatic carbocycles. The topological polar surface area (TPSA) is 51.7 Å². The van der Waals surface area contributed by atoms with Gasteiger partial charge < -0.3 is 20.6 Å². The third kappa shape index (κ3) is 6.39. The summed E-state index contributed by atoms with van der Waals surface area (Å²) in [7, 11) is 0. The van der Waals surface area contributed by atoms with Gasteiger partial charge in [0.15, 0.2) is 0 Å². The van der Waals surface area contributed by atoms with E-state index in [2.05, 4.69) is 112 Å². The Balaban J connectivity index is 0.00000417. The van der Waals surface area contributed by atoms with E-state index in [4.69, 9.17) is 10.6 Å². The second-order valence-electron chi connectivity index (χ2n) is 13.6. The minimum absolute atomic E-state index is 0. The molecule has 2 unspecified atom stereocenters. The average molecular weight is 792 g/mol. The molecule has 46 heavy (non-hydrogen) atoms. The van der Waals surface area contributed by atoms with E-state index < -0.39 is 0 Å². The smallest absolute Gasteiger partial charge is 0.121 e. The van der Waals surface area contributed by atoms with E-state index in [-0.39, 0.29) is 44.1 Å². The first-order chi connectivity index (χ1) is 21.8. The largest absolute Gasteiger partial charge is 0.676 e. The molecule has 3 aromatic rings. The summed E-state index contributed by atoms with van der Waals surface area (Å²) >= 11 is 0. The van der Waals surface area contributed by atoms with Gasteiger partial charge in [0, 0.05) is 37.7 Å². The molecule has 0 spiro atoms. The summed E-state index contributed by atoms with van der Waals surface area (Å²) in [5.74, 6) is 0.329. The van der Waals surface area contributed by atoms with Gasteiger partial charge in [0.1, 0.15) is 5.75 Å². The van der Waals surface area contributed by atoms with Crippen LogP contribution in [0.5, 0.6) is 5.75 Å². The molecule has 1 aliphatic carbocycles. The maximum Gasteiger partial charge on any atom is 0.121 e.